The van der Waals surface area contributed by atoms with Crippen LogP contribution in [0.4, 0.5) is 0 Å². The van der Waals surface area contributed by atoms with Crippen LogP contribution in [0.3, 0.4) is 0 Å². The largest absolute Gasteiger partial charge is 0.459 e. The smallest absolute Gasteiger partial charge is 0.345 e. The first kappa shape index (κ1) is 13.1. The molecule has 0 aliphatic heterocycles. The van der Waals surface area contributed by atoms with Crippen LogP contribution in [0.15, 0.2) is 12.2 Å². The van der Waals surface area contributed by atoms with E-state index in [0.29, 0.717) is 0 Å². The lowest BCUT2D eigenvalue weighted by Crippen LogP contribution is -2.24. The molecule has 4 nitrogen and oxygen atoms in total. The average Bonchev–Trinajstić information content (AvgIpc) is 3.01. The van der Waals surface area contributed by atoms with Crippen molar-refractivity contribution in [3.63, 3.8) is 0 Å². The molecular weight excluding hydrogens is 232 g/mol. The van der Waals surface area contributed by atoms with E-state index in [9.17, 15) is 9.59 Å². The maximum absolute atomic E-state index is 11.7. The van der Waals surface area contributed by atoms with Crippen LogP contribution in [-0.2, 0) is 19.1 Å². The maximum Gasteiger partial charge on any atom is 0.345 e. The molecule has 4 heteroatoms. The minimum absolute atomic E-state index is 0.0477. The fourth-order valence-corrected chi connectivity index (χ4v) is 2.54. The van der Waals surface area contributed by atoms with E-state index in [1.807, 2.05) is 0 Å². The second kappa shape index (κ2) is 6.03. The van der Waals surface area contributed by atoms with Gasteiger partial charge in [-0.3, -0.25) is 0 Å². The number of hydrogen-bond donors (Lipinski definition) is 0. The van der Waals surface area contributed by atoms with Crippen molar-refractivity contribution < 1.29 is 19.1 Å². The molecule has 2 saturated carbocycles. The SMILES string of the molecule is C=C(C(=O)OC1CCCC1)C(=O)OC1CCCC1. The second-order valence-corrected chi connectivity index (χ2v) is 5.10. The first-order valence-corrected chi connectivity index (χ1v) is 6.77. The molecule has 0 aromatic heterocycles. The molecule has 0 bridgehead atoms. The van der Waals surface area contributed by atoms with E-state index in [-0.39, 0.29) is 17.8 Å². The van der Waals surface area contributed by atoms with Crippen LogP contribution in [0, 0.1) is 0 Å². The standard InChI is InChI=1S/C14H20O4/c1-10(13(15)17-11-6-2-3-7-11)14(16)18-12-8-4-5-9-12/h11-12H,1-9H2. The average molecular weight is 252 g/mol. The van der Waals surface area contributed by atoms with Gasteiger partial charge in [-0.1, -0.05) is 6.58 Å². The molecule has 2 rings (SSSR count). The Bertz CT molecular complexity index is 304. The first-order valence-electron chi connectivity index (χ1n) is 6.77. The van der Waals surface area contributed by atoms with Crippen molar-refractivity contribution in [1.29, 1.82) is 0 Å². The van der Waals surface area contributed by atoms with Crippen molar-refractivity contribution in [3.05, 3.63) is 12.2 Å². The van der Waals surface area contributed by atoms with Crippen LogP contribution in [0.1, 0.15) is 51.4 Å². The predicted molar refractivity (Wildman–Crippen MR) is 65.8 cm³/mol. The Labute approximate surface area is 107 Å². The molecule has 0 saturated heterocycles. The minimum atomic E-state index is -0.620. The van der Waals surface area contributed by atoms with Gasteiger partial charge in [-0.25, -0.2) is 9.59 Å². The lowest BCUT2D eigenvalue weighted by atomic mass is 10.2. The number of carbonyl (C=O) groups is 2. The third kappa shape index (κ3) is 3.34. The summed E-state index contributed by atoms with van der Waals surface area (Å²) < 4.78 is 10.4. The lowest BCUT2D eigenvalue weighted by Gasteiger charge is -2.14. The van der Waals surface area contributed by atoms with Crippen LogP contribution in [0.25, 0.3) is 0 Å². The molecule has 2 aliphatic rings. The van der Waals surface area contributed by atoms with E-state index in [1.54, 1.807) is 0 Å². The Morgan fingerprint density at radius 1 is 0.778 bits per heavy atom. The van der Waals surface area contributed by atoms with E-state index in [1.165, 1.54) is 0 Å². The molecule has 0 heterocycles. The highest BCUT2D eigenvalue weighted by Gasteiger charge is 2.27. The number of ether oxygens (including phenoxy) is 2. The van der Waals surface area contributed by atoms with Crippen LogP contribution in [0.5, 0.6) is 0 Å². The summed E-state index contributed by atoms with van der Waals surface area (Å²) in [4.78, 5) is 23.4. The van der Waals surface area contributed by atoms with Gasteiger partial charge in [0.15, 0.2) is 0 Å². The summed E-state index contributed by atoms with van der Waals surface area (Å²) in [5, 5.41) is 0. The quantitative estimate of drug-likeness (QED) is 0.334. The summed E-state index contributed by atoms with van der Waals surface area (Å²) in [6, 6.07) is 0. The molecule has 2 fully saturated rings. The number of hydrogen-bond acceptors (Lipinski definition) is 4. The van der Waals surface area contributed by atoms with Gasteiger partial charge in [0.2, 0.25) is 0 Å². The van der Waals surface area contributed by atoms with Crippen molar-refractivity contribution in [3.8, 4) is 0 Å². The highest BCUT2D eigenvalue weighted by molar-refractivity contribution is 6.13. The van der Waals surface area contributed by atoms with Gasteiger partial charge in [-0.05, 0) is 51.4 Å². The Hall–Kier alpha value is -1.32. The van der Waals surface area contributed by atoms with Crippen molar-refractivity contribution >= 4 is 11.9 Å². The summed E-state index contributed by atoms with van der Waals surface area (Å²) in [6.45, 7) is 3.49. The molecular formula is C14H20O4. The van der Waals surface area contributed by atoms with Gasteiger partial charge in [-0.2, -0.15) is 0 Å². The van der Waals surface area contributed by atoms with E-state index < -0.39 is 11.9 Å². The van der Waals surface area contributed by atoms with Crippen LogP contribution < -0.4 is 0 Å². The van der Waals surface area contributed by atoms with Gasteiger partial charge in [0, 0.05) is 0 Å². The van der Waals surface area contributed by atoms with Crippen molar-refractivity contribution in [1.82, 2.24) is 0 Å². The number of carbonyl (C=O) groups excluding carboxylic acids is 2. The molecule has 2 aliphatic carbocycles. The molecule has 0 atom stereocenters. The van der Waals surface area contributed by atoms with Crippen LogP contribution in [0.2, 0.25) is 0 Å². The van der Waals surface area contributed by atoms with Gasteiger partial charge in [-0.15, -0.1) is 0 Å². The molecule has 100 valence electrons. The third-order valence-corrected chi connectivity index (χ3v) is 3.64. The van der Waals surface area contributed by atoms with Gasteiger partial charge >= 0.3 is 11.9 Å². The molecule has 0 aromatic rings. The highest BCUT2D eigenvalue weighted by atomic mass is 16.6. The summed E-state index contributed by atoms with van der Waals surface area (Å²) in [7, 11) is 0. The predicted octanol–water partition coefficient (Wildman–Crippen LogP) is 2.51. The molecule has 0 N–H and O–H groups in total. The summed E-state index contributed by atoms with van der Waals surface area (Å²) in [6.07, 6.45) is 7.77. The van der Waals surface area contributed by atoms with E-state index in [4.69, 9.17) is 9.47 Å². The topological polar surface area (TPSA) is 52.6 Å². The van der Waals surface area contributed by atoms with Crippen molar-refractivity contribution in [2.75, 3.05) is 0 Å². The monoisotopic (exact) mass is 252 g/mol. The molecule has 0 radical (unpaired) electrons. The lowest BCUT2D eigenvalue weighted by molar-refractivity contribution is -0.152. The van der Waals surface area contributed by atoms with Crippen LogP contribution in [-0.4, -0.2) is 24.1 Å². The Morgan fingerprint density at radius 3 is 1.44 bits per heavy atom. The first-order chi connectivity index (χ1) is 8.66. The van der Waals surface area contributed by atoms with Crippen molar-refractivity contribution in [2.45, 2.75) is 63.6 Å². The second-order valence-electron chi connectivity index (χ2n) is 5.10. The van der Waals surface area contributed by atoms with E-state index >= 15 is 0 Å². The third-order valence-electron chi connectivity index (χ3n) is 3.64. The van der Waals surface area contributed by atoms with Crippen LogP contribution >= 0.6 is 0 Å². The Morgan fingerprint density at radius 2 is 1.11 bits per heavy atom. The normalized spacial score (nSPS) is 20.9. The number of rotatable bonds is 4. The van der Waals surface area contributed by atoms with E-state index in [2.05, 4.69) is 6.58 Å². The molecule has 0 unspecified atom stereocenters. The van der Waals surface area contributed by atoms with Gasteiger partial charge in [0.25, 0.3) is 0 Å². The zero-order valence-electron chi connectivity index (χ0n) is 10.7. The summed E-state index contributed by atoms with van der Waals surface area (Å²) in [5.74, 6) is -1.24. The Kier molecular flexibility index (Phi) is 4.39. The molecule has 18 heavy (non-hydrogen) atoms. The summed E-state index contributed by atoms with van der Waals surface area (Å²) >= 11 is 0. The number of esters is 2. The molecule has 0 aromatic carbocycles. The fraction of sp³-hybridized carbons (Fsp3) is 0.714. The van der Waals surface area contributed by atoms with E-state index in [0.717, 1.165) is 51.4 Å². The van der Waals surface area contributed by atoms with Gasteiger partial charge < -0.3 is 9.47 Å². The summed E-state index contributed by atoms with van der Waals surface area (Å²) in [5.41, 5.74) is -0.172. The minimum Gasteiger partial charge on any atom is -0.459 e. The zero-order valence-corrected chi connectivity index (χ0v) is 10.7. The molecule has 0 spiro atoms. The highest BCUT2D eigenvalue weighted by Crippen LogP contribution is 2.23. The van der Waals surface area contributed by atoms with Gasteiger partial charge in [0.1, 0.15) is 17.8 Å². The Balaban J connectivity index is 1.77. The fourth-order valence-electron chi connectivity index (χ4n) is 2.54. The van der Waals surface area contributed by atoms with Gasteiger partial charge in [0.05, 0.1) is 0 Å². The van der Waals surface area contributed by atoms with Crippen molar-refractivity contribution in [2.24, 2.45) is 0 Å². The molecule has 0 amide bonds. The zero-order chi connectivity index (χ0) is 13.0. The maximum atomic E-state index is 11.7.